The van der Waals surface area contributed by atoms with Gasteiger partial charge in [0.2, 0.25) is 35.4 Å². The van der Waals surface area contributed by atoms with Crippen LogP contribution in [0.1, 0.15) is 81.1 Å². The van der Waals surface area contributed by atoms with E-state index in [0.29, 0.717) is 27.9 Å². The van der Waals surface area contributed by atoms with E-state index in [4.69, 9.17) is 9.47 Å². The Kier molecular flexibility index (Phi) is 28.6. The van der Waals surface area contributed by atoms with Crippen molar-refractivity contribution in [2.45, 2.75) is 157 Å². The zero-order valence-electron chi connectivity index (χ0n) is 53.5. The van der Waals surface area contributed by atoms with Gasteiger partial charge in [0.15, 0.2) is 11.5 Å². The van der Waals surface area contributed by atoms with E-state index in [-0.39, 0.29) is 24.2 Å². The number of unbranched alkanes of at least 4 members (excludes halogenated alkanes) is 4. The minimum atomic E-state index is -4.76. The number of phenols is 1. The van der Waals surface area contributed by atoms with Crippen LogP contribution < -0.4 is 40.8 Å². The lowest BCUT2D eigenvalue weighted by Crippen LogP contribution is -2.64. The number of fused-ring (bicyclic) bond motifs is 2. The third-order valence-corrected chi connectivity index (χ3v) is 18.1. The minimum absolute atomic E-state index is 0.0121. The molecule has 33 nitrogen and oxygen atoms in total. The summed E-state index contributed by atoms with van der Waals surface area (Å²) in [7, 11) is 1.69. The Hall–Kier alpha value is -7.30. The number of aliphatic hydroxyl groups excluding tert-OH is 9. The molecule has 1 aromatic heterocycles. The lowest BCUT2D eigenvalue weighted by molar-refractivity contribution is -0.147. The number of hydrogen-bond donors (Lipinski definition) is 19. The zero-order chi connectivity index (χ0) is 70.8. The van der Waals surface area contributed by atoms with Gasteiger partial charge in [-0.15, -0.1) is 10.2 Å². The van der Waals surface area contributed by atoms with E-state index >= 15 is 0 Å². The molecule has 0 saturated carbocycles. The molecule has 3 aliphatic heterocycles. The lowest BCUT2D eigenvalue weighted by Gasteiger charge is -2.34. The molecule has 15 atom stereocenters. The van der Waals surface area contributed by atoms with Gasteiger partial charge < -0.3 is 106 Å². The molecule has 0 aliphatic carbocycles. The Balaban J connectivity index is 1.17. The number of aromatic nitrogens is 2. The second-order valence-electron chi connectivity index (χ2n) is 24.3. The number of aromatic hydroxyl groups is 1. The maximum absolute atomic E-state index is 15.0. The number of methoxy groups -OCH3 is 1. The van der Waals surface area contributed by atoms with Gasteiger partial charge in [-0.1, -0.05) is 55.7 Å². The molecular weight excluding hydrogens is 1320 g/mol. The van der Waals surface area contributed by atoms with Gasteiger partial charge in [0.25, 0.3) is 17.1 Å². The monoisotopic (exact) mass is 1400 g/mol. The zero-order valence-corrected chi connectivity index (χ0v) is 55.2. The number of amides is 7. The fraction of sp³-hybridized carbons (Fsp3) is 0.565. The number of benzene rings is 3. The molecule has 35 heteroatoms. The van der Waals surface area contributed by atoms with Crippen LogP contribution in [0.4, 0.5) is 0 Å². The molecule has 3 aromatic carbocycles. The summed E-state index contributed by atoms with van der Waals surface area (Å²) in [6.07, 6.45) is -11.2. The SMILES string of the molecule is COCCCCCCCOc1ccc(-c2nnc(-c3ccc(C(=O)N[C@H]4C[C@@H](O)CNC(=O)[C@@H]5[C@@H](O)[C@@H](C)CN5C(=O)[C@H]([C@H](O)CCNC[C@H](O)[C@H](O)CO)NC(=O)[C@H]([C@H](O)Cc5ccc(O)c(OS(O)(O)O)c5)NC(=O)[C@@H]5C[C@@H](O)CN5C(=O)[C@H]([C@@H](C)O)NC4=O)cc3)s2)cc1. The van der Waals surface area contributed by atoms with Gasteiger partial charge in [-0.2, -0.15) is 0 Å². The Labute approximate surface area is 563 Å². The highest BCUT2D eigenvalue weighted by atomic mass is 32.3. The molecule has 0 bridgehead atoms. The highest BCUT2D eigenvalue weighted by Crippen LogP contribution is 2.41. The van der Waals surface area contributed by atoms with Gasteiger partial charge in [-0.05, 0) is 86.8 Å². The van der Waals surface area contributed by atoms with E-state index in [0.717, 1.165) is 79.2 Å². The van der Waals surface area contributed by atoms with Gasteiger partial charge in [-0.3, -0.25) is 47.2 Å². The first-order valence-electron chi connectivity index (χ1n) is 31.6. The van der Waals surface area contributed by atoms with E-state index in [2.05, 4.69) is 46.3 Å². The molecular formula is C62H88N10O23S2. The van der Waals surface area contributed by atoms with E-state index in [1.54, 1.807) is 19.2 Å². The molecule has 0 spiro atoms. The van der Waals surface area contributed by atoms with Crippen molar-refractivity contribution in [2.75, 3.05) is 59.7 Å². The van der Waals surface area contributed by atoms with E-state index < -0.39 is 207 Å². The molecule has 4 aromatic rings. The summed E-state index contributed by atoms with van der Waals surface area (Å²) >= 11 is -3.48. The molecule has 4 heterocycles. The van der Waals surface area contributed by atoms with Gasteiger partial charge in [0.1, 0.15) is 58.1 Å². The fourth-order valence-corrected chi connectivity index (χ4v) is 12.5. The van der Waals surface area contributed by atoms with Crippen LogP contribution in [0.25, 0.3) is 21.1 Å². The number of nitrogens with zero attached hydrogens (tertiary/aromatic N) is 4. The number of carbonyl (C=O) groups excluding carboxylic acids is 7. The smallest absolute Gasteiger partial charge is 0.266 e. The van der Waals surface area contributed by atoms with Crippen LogP contribution in [0.5, 0.6) is 17.2 Å². The highest BCUT2D eigenvalue weighted by Gasteiger charge is 2.50. The predicted octanol–water partition coefficient (Wildman–Crippen LogP) is -2.29. The van der Waals surface area contributed by atoms with Crippen LogP contribution in [-0.4, -0.2) is 271 Å². The van der Waals surface area contributed by atoms with Gasteiger partial charge >= 0.3 is 0 Å². The van der Waals surface area contributed by atoms with Crippen molar-refractivity contribution in [2.24, 2.45) is 5.92 Å². The molecule has 97 heavy (non-hydrogen) atoms. The molecule has 3 saturated heterocycles. The maximum Gasteiger partial charge on any atom is 0.266 e. The summed E-state index contributed by atoms with van der Waals surface area (Å²) in [6, 6.07) is 4.66. The van der Waals surface area contributed by atoms with Crippen LogP contribution in [0.2, 0.25) is 0 Å². The first kappa shape index (κ1) is 77.1. The number of phenolic OH excluding ortho intramolecular Hbond substituents is 1. The number of rotatable bonds is 27. The first-order chi connectivity index (χ1) is 46.1. The van der Waals surface area contributed by atoms with Crippen LogP contribution in [0, 0.1) is 5.92 Å². The minimum Gasteiger partial charge on any atom is -0.504 e. The normalized spacial score (nSPS) is 25.1. The second-order valence-corrected chi connectivity index (χ2v) is 26.4. The topological polar surface area (TPSA) is 515 Å². The van der Waals surface area contributed by atoms with Gasteiger partial charge in [0, 0.05) is 81.8 Å². The summed E-state index contributed by atoms with van der Waals surface area (Å²) in [4.78, 5) is 104. The number of aliphatic hydroxyl groups is 9. The van der Waals surface area contributed by atoms with Gasteiger partial charge in [0.05, 0.1) is 55.9 Å². The molecule has 0 unspecified atom stereocenters. The van der Waals surface area contributed by atoms with Crippen LogP contribution in [-0.2, 0) is 39.9 Å². The number of hydrogen-bond acceptors (Lipinski definition) is 27. The van der Waals surface area contributed by atoms with Crippen LogP contribution >= 0.6 is 22.5 Å². The summed E-state index contributed by atoms with van der Waals surface area (Å²) in [5, 5.41) is 133. The Morgan fingerprint density at radius 1 is 0.722 bits per heavy atom. The largest absolute Gasteiger partial charge is 0.504 e. The molecule has 3 aliphatic rings. The number of carbonyl (C=O) groups is 7. The summed E-state index contributed by atoms with van der Waals surface area (Å²) in [5.74, 6) is -9.96. The predicted molar refractivity (Wildman–Crippen MR) is 347 cm³/mol. The quantitative estimate of drug-likeness (QED) is 0.0280. The van der Waals surface area contributed by atoms with Crippen molar-refractivity contribution >= 4 is 63.8 Å². The van der Waals surface area contributed by atoms with Crippen molar-refractivity contribution in [3.05, 3.63) is 77.9 Å². The van der Waals surface area contributed by atoms with E-state index in [1.807, 2.05) is 24.3 Å². The van der Waals surface area contributed by atoms with Crippen molar-refractivity contribution in [1.29, 1.82) is 0 Å². The van der Waals surface area contributed by atoms with E-state index in [9.17, 15) is 98.3 Å². The molecule has 0 radical (unpaired) electrons. The standard InChI is InChI=1S/C62H88N10O23S2/c1-32-29-72-52(53(32)82)58(87)64-27-38(75)25-41(65-54(83)35-10-12-36(13-11-35)59-69-70-60(96-59)37-14-16-40(17-15-37)94-22-8-6-4-5-7-21-93-3)55(84)66-49(33(2)74)61(88)71-30-39(76)26-42(71)56(85)67-50(45(79)23-34-9-18-43(77)48(24-34)95-97(90,91)92)57(86)68-51(62(72)89)44(78)19-20-63-28-46(80)47(81)31-73/h9-18,24,32-33,38-39,41-42,44-47,49-53,63,73-82,90-92H,4-8,19-23,25-31H2,1-3H3,(H,64,87)(H,65,83)(H,66,84)(H,67,85)(H,68,86)/t32-,33+,38+,39+,41-,42-,44+,45+,46-,47+,49-,50-,51-,52-,53-/m0/s1. The average Bonchev–Trinajstić information content (AvgIpc) is 1.69. The Morgan fingerprint density at radius 2 is 1.34 bits per heavy atom. The first-order valence-corrected chi connectivity index (χ1v) is 33.9. The Morgan fingerprint density at radius 3 is 1.98 bits per heavy atom. The van der Waals surface area contributed by atoms with Crippen molar-refractivity contribution in [1.82, 2.24) is 51.9 Å². The van der Waals surface area contributed by atoms with Gasteiger partial charge in [-0.25, -0.2) is 0 Å². The molecule has 7 rings (SSSR count). The van der Waals surface area contributed by atoms with Crippen LogP contribution in [0.15, 0.2) is 66.7 Å². The van der Waals surface area contributed by atoms with Crippen LogP contribution in [0.3, 0.4) is 0 Å². The molecule has 3 fully saturated rings. The highest BCUT2D eigenvalue weighted by molar-refractivity contribution is 8.15. The summed E-state index contributed by atoms with van der Waals surface area (Å²) < 4.78 is 44.4. The van der Waals surface area contributed by atoms with Crippen molar-refractivity contribution in [3.8, 4) is 38.4 Å². The molecule has 536 valence electrons. The maximum atomic E-state index is 15.0. The third-order valence-electron chi connectivity index (χ3n) is 16.7. The lowest BCUT2D eigenvalue weighted by atomic mass is 9.98. The van der Waals surface area contributed by atoms with Crippen molar-refractivity contribution < 1.29 is 112 Å². The van der Waals surface area contributed by atoms with Crippen molar-refractivity contribution in [3.63, 3.8) is 0 Å². The van der Waals surface area contributed by atoms with E-state index in [1.165, 1.54) is 30.4 Å². The second kappa shape index (κ2) is 36.0. The molecule has 19 N–H and O–H groups in total. The fourth-order valence-electron chi connectivity index (χ4n) is 11.3. The number of β-amino-alcohol motifs (C(OH)–C–C–N with tert-alkyl or cyclic N) is 1. The average molecular weight is 1410 g/mol. The third kappa shape index (κ3) is 21.6. The number of ether oxygens (including phenoxy) is 2. The summed E-state index contributed by atoms with van der Waals surface area (Å²) in [6.45, 7) is 0.681. The Bertz CT molecular complexity index is 3280. The number of nitrogens with one attached hydrogen (secondary N) is 6. The molecule has 7 amide bonds. The summed E-state index contributed by atoms with van der Waals surface area (Å²) in [5.41, 5.74) is 1.26.